The molecule has 2 unspecified atom stereocenters. The molecular formula is C20H30FIN4O4. The monoisotopic (exact) mass is 536 g/mol. The van der Waals surface area contributed by atoms with Crippen molar-refractivity contribution in [3.8, 4) is 5.75 Å². The van der Waals surface area contributed by atoms with E-state index in [0.717, 1.165) is 5.96 Å². The zero-order chi connectivity index (χ0) is 21.0. The Morgan fingerprint density at radius 1 is 1.33 bits per heavy atom. The van der Waals surface area contributed by atoms with Crippen LogP contribution in [-0.2, 0) is 4.74 Å². The minimum absolute atomic E-state index is 0. The molecule has 2 atom stereocenters. The maximum absolute atomic E-state index is 12.9. The lowest BCUT2D eigenvalue weighted by atomic mass is 10.2. The van der Waals surface area contributed by atoms with E-state index in [-0.39, 0.29) is 55.1 Å². The van der Waals surface area contributed by atoms with Crippen molar-refractivity contribution in [3.05, 3.63) is 30.1 Å². The number of nitrogens with one attached hydrogen (secondary N) is 1. The topological polar surface area (TPSA) is 86.6 Å². The maximum atomic E-state index is 12.9. The maximum Gasteiger partial charge on any atom is 0.410 e. The van der Waals surface area contributed by atoms with E-state index in [1.165, 1.54) is 24.3 Å². The van der Waals surface area contributed by atoms with Gasteiger partial charge in [0.2, 0.25) is 0 Å². The highest BCUT2D eigenvalue weighted by Gasteiger charge is 2.36. The number of nitrogens with zero attached hydrogens (tertiary/aromatic N) is 3. The van der Waals surface area contributed by atoms with E-state index >= 15 is 0 Å². The summed E-state index contributed by atoms with van der Waals surface area (Å²) < 4.78 is 23.8. The van der Waals surface area contributed by atoms with Crippen LogP contribution in [0.15, 0.2) is 29.3 Å². The van der Waals surface area contributed by atoms with Crippen LogP contribution in [0.25, 0.3) is 0 Å². The molecule has 2 aliphatic rings. The molecule has 10 heteroatoms. The standard InChI is InChI=1S/C20H29FN4O4.HI/c1-20(2,3)29-19(27)24-8-9-25-15(12-24)10-22-18(25)23-11-16(26)13-28-17-6-4-14(21)5-7-17;/h4-7,15-16,26H,8-13H2,1-3H3,(H,22,23);1H. The van der Waals surface area contributed by atoms with Crippen molar-refractivity contribution in [2.75, 3.05) is 39.3 Å². The van der Waals surface area contributed by atoms with Crippen molar-refractivity contribution in [1.82, 2.24) is 15.1 Å². The Bertz CT molecular complexity index is 741. The van der Waals surface area contributed by atoms with Gasteiger partial charge < -0.3 is 29.7 Å². The van der Waals surface area contributed by atoms with Crippen molar-refractivity contribution in [1.29, 1.82) is 0 Å². The number of aliphatic hydroxyl groups is 1. The number of aliphatic imine (C=N–C) groups is 1. The second-order valence-corrected chi connectivity index (χ2v) is 8.24. The molecule has 0 aliphatic carbocycles. The highest BCUT2D eigenvalue weighted by Crippen LogP contribution is 2.18. The fourth-order valence-electron chi connectivity index (χ4n) is 3.21. The van der Waals surface area contributed by atoms with E-state index in [4.69, 9.17) is 9.47 Å². The smallest absolute Gasteiger partial charge is 0.410 e. The highest BCUT2D eigenvalue weighted by atomic mass is 127. The number of ether oxygens (including phenoxy) is 2. The first-order valence-electron chi connectivity index (χ1n) is 9.80. The predicted molar refractivity (Wildman–Crippen MR) is 122 cm³/mol. The van der Waals surface area contributed by atoms with Crippen LogP contribution in [0.1, 0.15) is 20.8 Å². The molecule has 30 heavy (non-hydrogen) atoms. The summed E-state index contributed by atoms with van der Waals surface area (Å²) in [4.78, 5) is 20.6. The first-order chi connectivity index (χ1) is 13.7. The molecule has 2 N–H and O–H groups in total. The minimum Gasteiger partial charge on any atom is -0.491 e. The number of fused-ring (bicyclic) bond motifs is 1. The molecule has 168 valence electrons. The van der Waals surface area contributed by atoms with Gasteiger partial charge in [-0.05, 0) is 45.0 Å². The fourth-order valence-corrected chi connectivity index (χ4v) is 3.21. The summed E-state index contributed by atoms with van der Waals surface area (Å²) in [6.07, 6.45) is -1.04. The summed E-state index contributed by atoms with van der Waals surface area (Å²) in [5.74, 6) is 0.891. The molecule has 0 aromatic heterocycles. The molecule has 3 rings (SSSR count). The summed E-state index contributed by atoms with van der Waals surface area (Å²) in [5, 5.41) is 13.3. The number of benzene rings is 1. The summed E-state index contributed by atoms with van der Waals surface area (Å²) in [7, 11) is 0. The quantitative estimate of drug-likeness (QED) is 0.561. The molecule has 1 fully saturated rings. The zero-order valence-electron chi connectivity index (χ0n) is 17.5. The normalized spacial score (nSPS) is 19.4. The lowest BCUT2D eigenvalue weighted by Crippen LogP contribution is -2.58. The van der Waals surface area contributed by atoms with Gasteiger partial charge in [0.25, 0.3) is 0 Å². The molecular weight excluding hydrogens is 506 g/mol. The minimum atomic E-state index is -0.746. The Morgan fingerprint density at radius 3 is 2.70 bits per heavy atom. The van der Waals surface area contributed by atoms with Crippen LogP contribution < -0.4 is 10.1 Å². The summed E-state index contributed by atoms with van der Waals surface area (Å²) in [6.45, 7) is 8.28. The first-order valence-corrected chi connectivity index (χ1v) is 9.80. The molecule has 0 bridgehead atoms. The molecule has 1 aromatic carbocycles. The summed E-state index contributed by atoms with van der Waals surface area (Å²) in [6, 6.07) is 5.76. The van der Waals surface area contributed by atoms with Crippen molar-refractivity contribution < 1.29 is 23.8 Å². The summed E-state index contributed by atoms with van der Waals surface area (Å²) in [5.41, 5.74) is -0.515. The van der Waals surface area contributed by atoms with Crippen molar-refractivity contribution in [2.24, 2.45) is 4.99 Å². The van der Waals surface area contributed by atoms with Gasteiger partial charge >= 0.3 is 6.09 Å². The third-order valence-electron chi connectivity index (χ3n) is 4.61. The summed E-state index contributed by atoms with van der Waals surface area (Å²) >= 11 is 0. The van der Waals surface area contributed by atoms with E-state index in [0.29, 0.717) is 31.9 Å². The Hall–Kier alpha value is -1.82. The molecule has 1 aromatic rings. The number of amides is 1. The molecule has 2 aliphatic heterocycles. The fraction of sp³-hybridized carbons (Fsp3) is 0.600. The van der Waals surface area contributed by atoms with Crippen LogP contribution in [0.3, 0.4) is 0 Å². The van der Waals surface area contributed by atoms with Gasteiger partial charge in [-0.1, -0.05) is 0 Å². The lowest BCUT2D eigenvalue weighted by Gasteiger charge is -2.39. The van der Waals surface area contributed by atoms with Gasteiger partial charge in [-0.2, -0.15) is 0 Å². The van der Waals surface area contributed by atoms with Gasteiger partial charge in [0.1, 0.15) is 29.9 Å². The number of guanidine groups is 1. The average Bonchev–Trinajstić information content (AvgIpc) is 3.07. The number of hydrogen-bond acceptors (Lipinski definition) is 7. The van der Waals surface area contributed by atoms with Gasteiger partial charge in [0.15, 0.2) is 5.96 Å². The Balaban J connectivity index is 0.00000320. The second kappa shape index (κ2) is 10.5. The molecule has 1 amide bonds. The number of aliphatic hydroxyl groups excluding tert-OH is 1. The third kappa shape index (κ3) is 6.86. The SMILES string of the molecule is CC(C)(C)OC(=O)N1CCN2C(NCC(O)COc3ccc(F)cc3)=NCC2C1.I. The molecule has 8 nitrogen and oxygen atoms in total. The Kier molecular flexibility index (Phi) is 8.53. The van der Waals surface area contributed by atoms with E-state index < -0.39 is 11.7 Å². The predicted octanol–water partition coefficient (Wildman–Crippen LogP) is 2.06. The molecule has 0 radical (unpaired) electrons. The third-order valence-corrected chi connectivity index (χ3v) is 4.61. The van der Waals surface area contributed by atoms with Gasteiger partial charge in [0, 0.05) is 26.2 Å². The number of carbonyl (C=O) groups is 1. The van der Waals surface area contributed by atoms with E-state index in [1.54, 1.807) is 4.90 Å². The number of piperazine rings is 1. The average molecular weight is 536 g/mol. The van der Waals surface area contributed by atoms with Crippen molar-refractivity contribution >= 4 is 36.0 Å². The van der Waals surface area contributed by atoms with Gasteiger partial charge in [-0.15, -0.1) is 24.0 Å². The van der Waals surface area contributed by atoms with E-state index in [1.807, 2.05) is 20.8 Å². The number of carbonyl (C=O) groups excluding carboxylic acids is 1. The van der Waals surface area contributed by atoms with Crippen LogP contribution in [0, 0.1) is 5.82 Å². The Labute approximate surface area is 193 Å². The molecule has 1 saturated heterocycles. The second-order valence-electron chi connectivity index (χ2n) is 8.24. The molecule has 0 saturated carbocycles. The van der Waals surface area contributed by atoms with Crippen LogP contribution in [0.2, 0.25) is 0 Å². The number of hydrogen-bond donors (Lipinski definition) is 2. The van der Waals surface area contributed by atoms with Gasteiger partial charge in [0.05, 0.1) is 12.6 Å². The zero-order valence-corrected chi connectivity index (χ0v) is 19.8. The van der Waals surface area contributed by atoms with Crippen LogP contribution in [0.4, 0.5) is 9.18 Å². The first kappa shape index (κ1) is 24.4. The van der Waals surface area contributed by atoms with Gasteiger partial charge in [-0.3, -0.25) is 4.99 Å². The highest BCUT2D eigenvalue weighted by molar-refractivity contribution is 14.0. The van der Waals surface area contributed by atoms with E-state index in [9.17, 15) is 14.3 Å². The number of rotatable bonds is 5. The Morgan fingerprint density at radius 2 is 2.03 bits per heavy atom. The van der Waals surface area contributed by atoms with Crippen LogP contribution >= 0.6 is 24.0 Å². The molecule has 2 heterocycles. The van der Waals surface area contributed by atoms with Gasteiger partial charge in [-0.25, -0.2) is 9.18 Å². The molecule has 0 spiro atoms. The van der Waals surface area contributed by atoms with Crippen LogP contribution in [0.5, 0.6) is 5.75 Å². The largest absolute Gasteiger partial charge is 0.491 e. The van der Waals surface area contributed by atoms with Crippen LogP contribution in [-0.4, -0.2) is 84.0 Å². The lowest BCUT2D eigenvalue weighted by molar-refractivity contribution is 0.0137. The van der Waals surface area contributed by atoms with Crippen molar-refractivity contribution in [2.45, 2.75) is 38.5 Å². The van der Waals surface area contributed by atoms with Crippen molar-refractivity contribution in [3.63, 3.8) is 0 Å². The number of halogens is 2. The van der Waals surface area contributed by atoms with E-state index in [2.05, 4.69) is 15.2 Å².